The molecule has 0 fully saturated rings. The number of aliphatic carboxylic acids is 1. The predicted molar refractivity (Wildman–Crippen MR) is 75.3 cm³/mol. The number of hydrogen-bond donors (Lipinski definition) is 1. The van der Waals surface area contributed by atoms with E-state index < -0.39 is 5.97 Å². The number of benzene rings is 1. The average molecular weight is 274 g/mol. The zero-order valence-electron chi connectivity index (χ0n) is 10.8. The van der Waals surface area contributed by atoms with Crippen LogP contribution in [0.2, 0.25) is 0 Å². The summed E-state index contributed by atoms with van der Waals surface area (Å²) in [7, 11) is 0. The van der Waals surface area contributed by atoms with E-state index in [0.717, 1.165) is 22.9 Å². The molecule has 19 heavy (non-hydrogen) atoms. The lowest BCUT2D eigenvalue weighted by atomic mass is 10.0. The summed E-state index contributed by atoms with van der Waals surface area (Å²) in [4.78, 5) is 18.8. The highest BCUT2D eigenvalue weighted by Crippen LogP contribution is 2.22. The van der Waals surface area contributed by atoms with E-state index in [2.05, 4.69) is 35.9 Å². The van der Waals surface area contributed by atoms with Gasteiger partial charge in [-0.05, 0) is 30.5 Å². The van der Waals surface area contributed by atoms with Crippen molar-refractivity contribution in [1.82, 2.24) is 9.97 Å². The summed E-state index contributed by atoms with van der Waals surface area (Å²) < 4.78 is 0. The van der Waals surface area contributed by atoms with Gasteiger partial charge in [-0.3, -0.25) is 4.79 Å². The van der Waals surface area contributed by atoms with Crippen LogP contribution in [0.25, 0.3) is 11.1 Å². The van der Waals surface area contributed by atoms with Gasteiger partial charge in [0.1, 0.15) is 0 Å². The molecule has 1 heterocycles. The highest BCUT2D eigenvalue weighted by molar-refractivity contribution is 7.99. The minimum Gasteiger partial charge on any atom is -0.481 e. The zero-order chi connectivity index (χ0) is 13.8. The first-order valence-corrected chi connectivity index (χ1v) is 6.79. The van der Waals surface area contributed by atoms with Crippen LogP contribution in [0.15, 0.2) is 35.7 Å². The second-order valence-electron chi connectivity index (χ2n) is 4.24. The summed E-state index contributed by atoms with van der Waals surface area (Å²) in [5, 5.41) is 9.07. The maximum atomic E-state index is 10.5. The molecule has 5 heteroatoms. The van der Waals surface area contributed by atoms with E-state index in [4.69, 9.17) is 5.11 Å². The van der Waals surface area contributed by atoms with Crippen LogP contribution in [0.4, 0.5) is 0 Å². The smallest absolute Gasteiger partial charge is 0.313 e. The molecule has 0 aliphatic carbocycles. The Kier molecular flexibility index (Phi) is 4.16. The number of aryl methyl sites for hydroxylation is 2. The van der Waals surface area contributed by atoms with Crippen LogP contribution < -0.4 is 0 Å². The van der Waals surface area contributed by atoms with E-state index in [1.807, 2.05) is 6.07 Å². The molecule has 1 aromatic heterocycles. The molecule has 98 valence electrons. The molecule has 0 unspecified atom stereocenters. The van der Waals surface area contributed by atoms with Gasteiger partial charge in [0.15, 0.2) is 5.16 Å². The number of thioether (sulfide) groups is 1. The zero-order valence-corrected chi connectivity index (χ0v) is 11.6. The Morgan fingerprint density at radius 2 is 1.84 bits per heavy atom. The van der Waals surface area contributed by atoms with Crippen molar-refractivity contribution >= 4 is 17.7 Å². The first-order chi connectivity index (χ1) is 9.06. The molecule has 0 bridgehead atoms. The molecule has 2 aromatic rings. The summed E-state index contributed by atoms with van der Waals surface area (Å²) in [6.45, 7) is 4.14. The third-order valence-electron chi connectivity index (χ3n) is 2.79. The van der Waals surface area contributed by atoms with Crippen molar-refractivity contribution in [3.05, 3.63) is 41.7 Å². The number of aromatic nitrogens is 2. The number of carbonyl (C=O) groups is 1. The summed E-state index contributed by atoms with van der Waals surface area (Å²) in [6.07, 6.45) is 3.45. The van der Waals surface area contributed by atoms with Gasteiger partial charge in [-0.1, -0.05) is 30.0 Å². The van der Waals surface area contributed by atoms with E-state index in [-0.39, 0.29) is 5.75 Å². The van der Waals surface area contributed by atoms with Crippen molar-refractivity contribution in [3.63, 3.8) is 0 Å². The second kappa shape index (κ2) is 5.84. The number of rotatable bonds is 4. The van der Waals surface area contributed by atoms with Gasteiger partial charge in [-0.2, -0.15) is 0 Å². The normalized spacial score (nSPS) is 10.4. The Bertz CT molecular complexity index is 597. The van der Waals surface area contributed by atoms with Crippen LogP contribution in [0.3, 0.4) is 0 Å². The maximum Gasteiger partial charge on any atom is 0.313 e. The Hall–Kier alpha value is -1.88. The first kappa shape index (κ1) is 13.5. The van der Waals surface area contributed by atoms with Crippen LogP contribution in [0, 0.1) is 13.8 Å². The molecule has 0 radical (unpaired) electrons. The number of carboxylic acid groups (broad SMARTS) is 1. The molecule has 0 saturated heterocycles. The lowest BCUT2D eigenvalue weighted by Gasteiger charge is -2.05. The lowest BCUT2D eigenvalue weighted by Crippen LogP contribution is -1.99. The van der Waals surface area contributed by atoms with E-state index >= 15 is 0 Å². The van der Waals surface area contributed by atoms with Crippen LogP contribution in [0.1, 0.15) is 11.1 Å². The third kappa shape index (κ3) is 3.54. The van der Waals surface area contributed by atoms with Crippen molar-refractivity contribution in [2.24, 2.45) is 0 Å². The van der Waals surface area contributed by atoms with Crippen molar-refractivity contribution in [3.8, 4) is 11.1 Å². The highest BCUT2D eigenvalue weighted by Gasteiger charge is 2.04. The molecule has 4 nitrogen and oxygen atoms in total. The third-order valence-corrected chi connectivity index (χ3v) is 3.65. The lowest BCUT2D eigenvalue weighted by molar-refractivity contribution is -0.133. The van der Waals surface area contributed by atoms with Crippen molar-refractivity contribution in [2.75, 3.05) is 5.75 Å². The summed E-state index contributed by atoms with van der Waals surface area (Å²) in [6, 6.07) is 6.20. The highest BCUT2D eigenvalue weighted by atomic mass is 32.2. The van der Waals surface area contributed by atoms with E-state index in [9.17, 15) is 4.79 Å². The number of carboxylic acids is 1. The van der Waals surface area contributed by atoms with E-state index in [1.165, 1.54) is 11.1 Å². The maximum absolute atomic E-state index is 10.5. The summed E-state index contributed by atoms with van der Waals surface area (Å²) in [5.74, 6) is -0.893. The van der Waals surface area contributed by atoms with Crippen LogP contribution in [-0.2, 0) is 4.79 Å². The quantitative estimate of drug-likeness (QED) is 0.686. The number of nitrogens with zero attached hydrogens (tertiary/aromatic N) is 2. The SMILES string of the molecule is Cc1ccc(-c2cnc(SCC(=O)O)nc2)cc1C. The molecule has 0 spiro atoms. The van der Waals surface area contributed by atoms with Crippen LogP contribution in [-0.4, -0.2) is 26.8 Å². The van der Waals surface area contributed by atoms with Crippen LogP contribution in [0.5, 0.6) is 0 Å². The van der Waals surface area contributed by atoms with E-state index in [1.54, 1.807) is 12.4 Å². The van der Waals surface area contributed by atoms with Gasteiger partial charge in [0, 0.05) is 18.0 Å². The monoisotopic (exact) mass is 274 g/mol. The largest absolute Gasteiger partial charge is 0.481 e. The van der Waals surface area contributed by atoms with Gasteiger partial charge in [-0.25, -0.2) is 9.97 Å². The van der Waals surface area contributed by atoms with E-state index in [0.29, 0.717) is 5.16 Å². The molecule has 0 saturated carbocycles. The molecule has 0 aliphatic rings. The fraction of sp³-hybridized carbons (Fsp3) is 0.214. The summed E-state index contributed by atoms with van der Waals surface area (Å²) in [5.41, 5.74) is 4.47. The minimum atomic E-state index is -0.869. The predicted octanol–water partition coefficient (Wildman–Crippen LogP) is 2.94. The minimum absolute atomic E-state index is 0.0248. The molecule has 1 aromatic carbocycles. The molecule has 1 N–H and O–H groups in total. The van der Waals surface area contributed by atoms with Gasteiger partial charge >= 0.3 is 5.97 Å². The Labute approximate surface area is 115 Å². The Morgan fingerprint density at radius 3 is 2.42 bits per heavy atom. The Balaban J connectivity index is 2.17. The van der Waals surface area contributed by atoms with Crippen molar-refractivity contribution in [2.45, 2.75) is 19.0 Å². The summed E-state index contributed by atoms with van der Waals surface area (Å²) >= 11 is 1.12. The molecular formula is C14H14N2O2S. The van der Waals surface area contributed by atoms with Crippen LogP contribution >= 0.6 is 11.8 Å². The average Bonchev–Trinajstić information content (AvgIpc) is 2.40. The molecule has 2 rings (SSSR count). The van der Waals surface area contributed by atoms with Crippen molar-refractivity contribution in [1.29, 1.82) is 0 Å². The molecule has 0 amide bonds. The van der Waals surface area contributed by atoms with Gasteiger partial charge in [-0.15, -0.1) is 0 Å². The molecule has 0 aliphatic heterocycles. The standard InChI is InChI=1S/C14H14N2O2S/c1-9-3-4-11(5-10(9)2)12-6-15-14(16-7-12)19-8-13(17)18/h3-7H,8H2,1-2H3,(H,17,18). The number of hydrogen-bond acceptors (Lipinski definition) is 4. The fourth-order valence-electron chi connectivity index (χ4n) is 1.59. The van der Waals surface area contributed by atoms with Gasteiger partial charge in [0.2, 0.25) is 0 Å². The first-order valence-electron chi connectivity index (χ1n) is 5.80. The fourth-order valence-corrected chi connectivity index (χ4v) is 2.09. The van der Waals surface area contributed by atoms with Gasteiger partial charge in [0.25, 0.3) is 0 Å². The second-order valence-corrected chi connectivity index (χ2v) is 5.18. The molecule has 0 atom stereocenters. The van der Waals surface area contributed by atoms with Crippen molar-refractivity contribution < 1.29 is 9.90 Å². The Morgan fingerprint density at radius 1 is 1.16 bits per heavy atom. The van der Waals surface area contributed by atoms with Gasteiger partial charge in [0.05, 0.1) is 5.75 Å². The van der Waals surface area contributed by atoms with Gasteiger partial charge < -0.3 is 5.11 Å². The topological polar surface area (TPSA) is 63.1 Å². The molecular weight excluding hydrogens is 260 g/mol.